The molecule has 5 rings (SSSR count). The highest BCUT2D eigenvalue weighted by Crippen LogP contribution is 2.66. The van der Waals surface area contributed by atoms with E-state index in [1.807, 2.05) is 12.2 Å². The first kappa shape index (κ1) is 27.5. The van der Waals surface area contributed by atoms with E-state index in [2.05, 4.69) is 76.8 Å². The molecule has 0 nitrogen and oxygen atoms in total. The normalized spacial score (nSPS) is 31.5. The fourth-order valence-corrected chi connectivity index (χ4v) is 9.30. The zero-order valence-electron chi connectivity index (χ0n) is 24.8. The van der Waals surface area contributed by atoms with Gasteiger partial charge in [-0.15, -0.1) is 0 Å². The van der Waals surface area contributed by atoms with Crippen LogP contribution in [0.3, 0.4) is 0 Å². The summed E-state index contributed by atoms with van der Waals surface area (Å²) in [6.45, 7) is 13.4. The second-order valence-corrected chi connectivity index (χ2v) is 13.5. The summed E-state index contributed by atoms with van der Waals surface area (Å²) in [6, 6.07) is 12.1. The van der Waals surface area contributed by atoms with Crippen molar-refractivity contribution in [1.82, 2.24) is 0 Å². The molecule has 6 atom stereocenters. The van der Waals surface area contributed by atoms with Gasteiger partial charge >= 0.3 is 0 Å². The fourth-order valence-electron chi connectivity index (χ4n) is 9.30. The van der Waals surface area contributed by atoms with Crippen molar-refractivity contribution in [3.05, 3.63) is 77.4 Å². The monoisotopic (exact) mass is 508 g/mol. The maximum Gasteiger partial charge on any atom is -0.0154 e. The van der Waals surface area contributed by atoms with Crippen molar-refractivity contribution < 1.29 is 0 Å². The van der Waals surface area contributed by atoms with Crippen molar-refractivity contribution in [2.24, 2.45) is 29.1 Å². The summed E-state index contributed by atoms with van der Waals surface area (Å²) < 4.78 is 0. The molecule has 204 valence electrons. The number of allylic oxidation sites excluding steroid dienone is 4. The lowest BCUT2D eigenvalue weighted by Gasteiger charge is -2.43. The Hall–Kier alpha value is -2.08. The van der Waals surface area contributed by atoms with Crippen molar-refractivity contribution in [3.63, 3.8) is 0 Å². The summed E-state index contributed by atoms with van der Waals surface area (Å²) in [7, 11) is 0. The van der Waals surface area contributed by atoms with Gasteiger partial charge in [0.2, 0.25) is 0 Å². The predicted molar refractivity (Wildman–Crippen MR) is 168 cm³/mol. The van der Waals surface area contributed by atoms with E-state index in [0.717, 1.165) is 29.6 Å². The molecule has 3 fully saturated rings. The summed E-state index contributed by atoms with van der Waals surface area (Å²) in [6.07, 6.45) is 25.7. The zero-order chi connectivity index (χ0) is 26.7. The van der Waals surface area contributed by atoms with Crippen LogP contribution in [0.1, 0.15) is 120 Å². The number of rotatable bonds is 9. The first-order valence-corrected chi connectivity index (χ1v) is 16.0. The lowest BCUT2D eigenvalue weighted by atomic mass is 9.62. The first-order valence-electron chi connectivity index (χ1n) is 16.0. The van der Waals surface area contributed by atoms with Gasteiger partial charge in [0.1, 0.15) is 0 Å². The molecular weight excluding hydrogens is 456 g/mol. The minimum Gasteiger partial charge on any atom is -0.0991 e. The van der Waals surface area contributed by atoms with Crippen LogP contribution in [0, 0.1) is 36.0 Å². The number of hydrogen-bond acceptors (Lipinski definition) is 0. The van der Waals surface area contributed by atoms with Gasteiger partial charge < -0.3 is 0 Å². The predicted octanol–water partition coefficient (Wildman–Crippen LogP) is 11.6. The largest absolute Gasteiger partial charge is 0.0991 e. The lowest BCUT2D eigenvalue weighted by Crippen LogP contribution is -2.34. The third-order valence-electron chi connectivity index (χ3n) is 11.1. The van der Waals surface area contributed by atoms with Crippen LogP contribution in [0.25, 0.3) is 16.8 Å². The van der Waals surface area contributed by atoms with E-state index >= 15 is 0 Å². The van der Waals surface area contributed by atoms with Gasteiger partial charge in [-0.05, 0) is 121 Å². The van der Waals surface area contributed by atoms with Crippen LogP contribution in [0.15, 0.2) is 60.7 Å². The van der Waals surface area contributed by atoms with Gasteiger partial charge in [-0.1, -0.05) is 113 Å². The van der Waals surface area contributed by atoms with Gasteiger partial charge in [-0.25, -0.2) is 0 Å². The third-order valence-corrected chi connectivity index (χ3v) is 11.1. The molecular formula is C38H52. The molecule has 0 aliphatic heterocycles. The van der Waals surface area contributed by atoms with E-state index in [0.29, 0.717) is 5.41 Å². The van der Waals surface area contributed by atoms with Gasteiger partial charge in [0.05, 0.1) is 0 Å². The Morgan fingerprint density at radius 1 is 0.974 bits per heavy atom. The Morgan fingerprint density at radius 2 is 1.79 bits per heavy atom. The minimum absolute atomic E-state index is 0.572. The van der Waals surface area contributed by atoms with Gasteiger partial charge in [-0.2, -0.15) is 0 Å². The number of hydrogen-bond donors (Lipinski definition) is 0. The Labute approximate surface area is 233 Å². The Balaban J connectivity index is 1.42. The maximum atomic E-state index is 3.80. The van der Waals surface area contributed by atoms with Crippen LogP contribution < -0.4 is 0 Å². The summed E-state index contributed by atoms with van der Waals surface area (Å²) in [4.78, 5) is 0. The minimum atomic E-state index is 0.572. The van der Waals surface area contributed by atoms with E-state index in [4.69, 9.17) is 0 Å². The van der Waals surface area contributed by atoms with Crippen molar-refractivity contribution in [2.75, 3.05) is 0 Å². The third kappa shape index (κ3) is 5.48. The van der Waals surface area contributed by atoms with Crippen LogP contribution in [0.5, 0.6) is 0 Å². The van der Waals surface area contributed by atoms with Crippen molar-refractivity contribution in [3.8, 4) is 0 Å². The molecule has 3 unspecified atom stereocenters. The molecule has 2 aromatic carbocycles. The van der Waals surface area contributed by atoms with Crippen LogP contribution in [-0.4, -0.2) is 0 Å². The highest BCUT2D eigenvalue weighted by Gasteiger charge is 2.58. The van der Waals surface area contributed by atoms with Crippen LogP contribution >= 0.6 is 0 Å². The molecule has 0 heterocycles. The van der Waals surface area contributed by atoms with E-state index in [1.54, 1.807) is 5.56 Å². The molecule has 3 aliphatic rings. The van der Waals surface area contributed by atoms with Crippen LogP contribution in [-0.2, 0) is 0 Å². The SMILES string of the molecule is C=C/C=C/C(C)=C\c1ccc2c(C)cc(C3CC[C@@H]4C5CCCC[C@@H]5C(C)(CCCCCC)[C@@H]4C3)cc2c1. The van der Waals surface area contributed by atoms with Gasteiger partial charge in [0.15, 0.2) is 0 Å². The highest BCUT2D eigenvalue weighted by atomic mass is 14.6. The van der Waals surface area contributed by atoms with Gasteiger partial charge in [-0.3, -0.25) is 0 Å². The average Bonchev–Trinajstić information content (AvgIpc) is 3.18. The van der Waals surface area contributed by atoms with Crippen molar-refractivity contribution in [2.45, 2.75) is 111 Å². The van der Waals surface area contributed by atoms with Crippen LogP contribution in [0.2, 0.25) is 0 Å². The lowest BCUT2D eigenvalue weighted by molar-refractivity contribution is 0.0816. The second-order valence-electron chi connectivity index (χ2n) is 13.5. The quantitative estimate of drug-likeness (QED) is 0.233. The zero-order valence-corrected chi connectivity index (χ0v) is 24.8. The average molecular weight is 509 g/mol. The van der Waals surface area contributed by atoms with E-state index < -0.39 is 0 Å². The topological polar surface area (TPSA) is 0 Å². The number of benzene rings is 2. The molecule has 0 amide bonds. The fraction of sp³-hybridized carbons (Fsp3) is 0.579. The smallest absolute Gasteiger partial charge is 0.0154 e. The van der Waals surface area contributed by atoms with Gasteiger partial charge in [0.25, 0.3) is 0 Å². The van der Waals surface area contributed by atoms with Crippen LogP contribution in [0.4, 0.5) is 0 Å². The van der Waals surface area contributed by atoms with E-state index in [1.165, 1.54) is 105 Å². The molecule has 0 spiro atoms. The van der Waals surface area contributed by atoms with E-state index in [9.17, 15) is 0 Å². The van der Waals surface area contributed by atoms with Crippen molar-refractivity contribution in [1.29, 1.82) is 0 Å². The maximum absolute atomic E-state index is 3.80. The molecule has 3 saturated carbocycles. The molecule has 0 N–H and O–H groups in total. The Bertz CT molecular complexity index is 1180. The molecule has 0 aromatic heterocycles. The summed E-state index contributed by atoms with van der Waals surface area (Å²) in [5.41, 5.74) is 6.18. The molecule has 0 heteroatoms. The molecule has 2 aromatic rings. The summed E-state index contributed by atoms with van der Waals surface area (Å²) >= 11 is 0. The molecule has 0 bridgehead atoms. The Morgan fingerprint density at radius 3 is 2.61 bits per heavy atom. The number of unbranched alkanes of at least 4 members (excludes halogenated alkanes) is 3. The number of aryl methyl sites for hydroxylation is 1. The number of fused-ring (bicyclic) bond motifs is 4. The molecule has 0 radical (unpaired) electrons. The highest BCUT2D eigenvalue weighted by molar-refractivity contribution is 5.88. The van der Waals surface area contributed by atoms with Gasteiger partial charge in [0, 0.05) is 0 Å². The summed E-state index contributed by atoms with van der Waals surface area (Å²) in [5.74, 6) is 4.68. The molecule has 38 heavy (non-hydrogen) atoms. The second kappa shape index (κ2) is 12.0. The standard InChI is InChI=1S/C38H52/c1-6-8-10-13-21-38(5)36-16-12-11-15-34(36)35-20-18-30(26-37(35)38)31-23-28(4)33-19-17-29(24-32(33)25-31)22-27(3)14-9-7-2/h7,9,14,17,19,22-25,30,34-37H,2,6,8,10-13,15-16,18,20-21,26H2,1,3-5H3/b14-9+,27-22-/t30?,34?,35-,36+,37-,38?/m1/s1. The van der Waals surface area contributed by atoms with E-state index in [-0.39, 0.29) is 0 Å². The Kier molecular flexibility index (Phi) is 8.66. The van der Waals surface area contributed by atoms with Crippen molar-refractivity contribution >= 4 is 16.8 Å². The molecule has 0 saturated heterocycles. The first-order chi connectivity index (χ1) is 18.4. The molecule has 3 aliphatic carbocycles. The summed E-state index contributed by atoms with van der Waals surface area (Å²) in [5, 5.41) is 2.82.